The van der Waals surface area contributed by atoms with E-state index in [2.05, 4.69) is 56.4 Å². The number of phenolic OH excluding ortho intramolecular Hbond substituents is 1. The number of fused-ring (bicyclic) bond motifs is 3. The van der Waals surface area contributed by atoms with Crippen molar-refractivity contribution < 1.29 is 14.9 Å². The zero-order valence-corrected chi connectivity index (χ0v) is 20.8. The molecule has 0 bridgehead atoms. The number of aromatic hydroxyl groups is 1. The van der Waals surface area contributed by atoms with Gasteiger partial charge in [-0.15, -0.1) is 0 Å². The second kappa shape index (κ2) is 9.33. The first kappa shape index (κ1) is 23.2. The summed E-state index contributed by atoms with van der Waals surface area (Å²) in [5, 5.41) is 20.8. The second-order valence-corrected chi connectivity index (χ2v) is 11.5. The molecule has 1 fully saturated rings. The number of alkyl halides is 1. The normalized spacial score (nSPS) is 25.8. The first-order chi connectivity index (χ1) is 13.7. The Balaban J connectivity index is 1.85. The van der Waals surface area contributed by atoms with Gasteiger partial charge in [0.2, 0.25) is 0 Å². The minimum absolute atomic E-state index is 0.0153. The Hall–Kier alpha value is -0.490. The molecule has 29 heavy (non-hydrogen) atoms. The van der Waals surface area contributed by atoms with E-state index in [9.17, 15) is 10.2 Å². The average molecular weight is 514 g/mol. The number of halogens is 1. The van der Waals surface area contributed by atoms with Crippen LogP contribution >= 0.6 is 22.6 Å². The molecule has 1 heterocycles. The van der Waals surface area contributed by atoms with Crippen LogP contribution in [0.25, 0.3) is 0 Å². The third kappa shape index (κ3) is 5.06. The van der Waals surface area contributed by atoms with E-state index in [0.717, 1.165) is 37.0 Å². The standard InChI is InChI=1S/C25H39IO3/c1-24(2,11-7-5-6-8-12-26)18-14-21(28)23-19-13-17(16-27)9-10-20(19)25(3,4)29-22(23)15-18/h14-15,17,19-20,27-28H,5-13,16H2,1-4H3/t17-,19-,20-/m1/s1. The van der Waals surface area contributed by atoms with Crippen molar-refractivity contribution >= 4 is 22.6 Å². The van der Waals surface area contributed by atoms with Crippen LogP contribution in [0.15, 0.2) is 12.1 Å². The molecule has 2 aliphatic rings. The fraction of sp³-hybridized carbons (Fsp3) is 0.760. The van der Waals surface area contributed by atoms with Gasteiger partial charge in [-0.1, -0.05) is 55.7 Å². The number of hydrogen-bond acceptors (Lipinski definition) is 3. The minimum atomic E-state index is -0.243. The summed E-state index contributed by atoms with van der Waals surface area (Å²) in [6, 6.07) is 4.19. The lowest BCUT2D eigenvalue weighted by molar-refractivity contribution is -0.0211. The third-order valence-corrected chi connectivity index (χ3v) is 8.20. The zero-order valence-electron chi connectivity index (χ0n) is 18.6. The number of ether oxygens (including phenoxy) is 1. The second-order valence-electron chi connectivity index (χ2n) is 10.4. The maximum Gasteiger partial charge on any atom is 0.127 e. The first-order valence-corrected chi connectivity index (χ1v) is 13.0. The summed E-state index contributed by atoms with van der Waals surface area (Å²) in [5.41, 5.74) is 1.93. The van der Waals surface area contributed by atoms with Gasteiger partial charge < -0.3 is 14.9 Å². The van der Waals surface area contributed by atoms with Gasteiger partial charge in [0, 0.05) is 18.1 Å². The molecule has 3 nitrogen and oxygen atoms in total. The van der Waals surface area contributed by atoms with Crippen molar-refractivity contribution in [2.24, 2.45) is 11.8 Å². The van der Waals surface area contributed by atoms with Crippen molar-refractivity contribution in [3.05, 3.63) is 23.3 Å². The van der Waals surface area contributed by atoms with Crippen LogP contribution in [0.5, 0.6) is 11.5 Å². The molecule has 0 amide bonds. The molecule has 0 unspecified atom stereocenters. The summed E-state index contributed by atoms with van der Waals surface area (Å²) in [6.45, 7) is 9.18. The number of phenols is 1. The van der Waals surface area contributed by atoms with Crippen molar-refractivity contribution in [2.75, 3.05) is 11.0 Å². The predicted molar refractivity (Wildman–Crippen MR) is 128 cm³/mol. The van der Waals surface area contributed by atoms with E-state index in [4.69, 9.17) is 4.74 Å². The molecule has 0 aromatic heterocycles. The van der Waals surface area contributed by atoms with Gasteiger partial charge in [-0.05, 0) is 85.3 Å². The topological polar surface area (TPSA) is 49.7 Å². The van der Waals surface area contributed by atoms with Gasteiger partial charge >= 0.3 is 0 Å². The van der Waals surface area contributed by atoms with E-state index in [0.29, 0.717) is 17.6 Å². The highest BCUT2D eigenvalue weighted by Crippen LogP contribution is 2.56. The Labute approximate surface area is 190 Å². The van der Waals surface area contributed by atoms with Crippen LogP contribution < -0.4 is 4.74 Å². The molecule has 0 saturated heterocycles. The maximum atomic E-state index is 11.1. The van der Waals surface area contributed by atoms with E-state index in [1.165, 1.54) is 35.7 Å². The summed E-state index contributed by atoms with van der Waals surface area (Å²) < 4.78 is 7.75. The Kier molecular flexibility index (Phi) is 7.46. The average Bonchev–Trinajstić information content (AvgIpc) is 2.66. The van der Waals surface area contributed by atoms with Crippen LogP contribution in [0.3, 0.4) is 0 Å². The van der Waals surface area contributed by atoms with Gasteiger partial charge in [-0.3, -0.25) is 0 Å². The summed E-state index contributed by atoms with van der Waals surface area (Å²) in [6.07, 6.45) is 9.26. The molecule has 1 aromatic carbocycles. The molecule has 4 heteroatoms. The predicted octanol–water partition coefficient (Wildman–Crippen LogP) is 6.72. The van der Waals surface area contributed by atoms with Crippen molar-refractivity contribution in [2.45, 2.75) is 96.0 Å². The van der Waals surface area contributed by atoms with Crippen molar-refractivity contribution in [3.8, 4) is 11.5 Å². The van der Waals surface area contributed by atoms with Crippen molar-refractivity contribution in [1.29, 1.82) is 0 Å². The zero-order chi connectivity index (χ0) is 21.2. The molecule has 0 radical (unpaired) electrons. The van der Waals surface area contributed by atoms with E-state index < -0.39 is 0 Å². The van der Waals surface area contributed by atoms with Gasteiger partial charge in [-0.25, -0.2) is 0 Å². The Morgan fingerprint density at radius 2 is 1.86 bits per heavy atom. The fourth-order valence-corrected chi connectivity index (χ4v) is 6.09. The van der Waals surface area contributed by atoms with Gasteiger partial charge in [0.1, 0.15) is 17.1 Å². The summed E-state index contributed by atoms with van der Waals surface area (Å²) in [7, 11) is 0. The maximum absolute atomic E-state index is 11.1. The Bertz CT molecular complexity index is 698. The molecule has 1 aliphatic heterocycles. The smallest absolute Gasteiger partial charge is 0.127 e. The van der Waals surface area contributed by atoms with Crippen LogP contribution in [0.2, 0.25) is 0 Å². The van der Waals surface area contributed by atoms with Gasteiger partial charge in [0.25, 0.3) is 0 Å². The van der Waals surface area contributed by atoms with Crippen LogP contribution in [-0.2, 0) is 5.41 Å². The lowest BCUT2D eigenvalue weighted by atomic mass is 9.63. The number of aliphatic hydroxyl groups is 1. The number of hydrogen-bond donors (Lipinski definition) is 2. The van der Waals surface area contributed by atoms with Crippen LogP contribution in [0, 0.1) is 11.8 Å². The minimum Gasteiger partial charge on any atom is -0.508 e. The monoisotopic (exact) mass is 514 g/mol. The first-order valence-electron chi connectivity index (χ1n) is 11.4. The number of rotatable bonds is 8. The van der Waals surface area contributed by atoms with Crippen LogP contribution in [-0.4, -0.2) is 26.8 Å². The largest absolute Gasteiger partial charge is 0.508 e. The summed E-state index contributed by atoms with van der Waals surface area (Å²) in [5.74, 6) is 2.24. The van der Waals surface area contributed by atoms with Crippen molar-refractivity contribution in [1.82, 2.24) is 0 Å². The summed E-state index contributed by atoms with van der Waals surface area (Å²) >= 11 is 2.45. The molecule has 1 saturated carbocycles. The quantitative estimate of drug-likeness (QED) is 0.230. The fourth-order valence-electron chi connectivity index (χ4n) is 5.55. The third-order valence-electron chi connectivity index (χ3n) is 7.44. The number of aliphatic hydroxyl groups excluding tert-OH is 1. The van der Waals surface area contributed by atoms with E-state index >= 15 is 0 Å². The molecular formula is C25H39IO3. The van der Waals surface area contributed by atoms with Crippen molar-refractivity contribution in [3.63, 3.8) is 0 Å². The van der Waals surface area contributed by atoms with Crippen LogP contribution in [0.1, 0.15) is 96.1 Å². The highest BCUT2D eigenvalue weighted by atomic mass is 127. The van der Waals surface area contributed by atoms with Crippen LogP contribution in [0.4, 0.5) is 0 Å². The molecule has 3 atom stereocenters. The lowest BCUT2D eigenvalue weighted by Crippen LogP contribution is -2.47. The van der Waals surface area contributed by atoms with Gasteiger partial charge in [0.15, 0.2) is 0 Å². The lowest BCUT2D eigenvalue weighted by Gasteiger charge is -2.49. The van der Waals surface area contributed by atoms with E-state index in [1.807, 2.05) is 6.07 Å². The van der Waals surface area contributed by atoms with E-state index in [1.54, 1.807) is 0 Å². The molecule has 0 spiro atoms. The van der Waals surface area contributed by atoms with Gasteiger partial charge in [0.05, 0.1) is 0 Å². The summed E-state index contributed by atoms with van der Waals surface area (Å²) in [4.78, 5) is 0. The molecular weight excluding hydrogens is 475 g/mol. The molecule has 3 rings (SSSR count). The van der Waals surface area contributed by atoms with Gasteiger partial charge in [-0.2, -0.15) is 0 Å². The Morgan fingerprint density at radius 3 is 2.55 bits per heavy atom. The molecule has 1 aromatic rings. The highest BCUT2D eigenvalue weighted by Gasteiger charge is 2.47. The highest BCUT2D eigenvalue weighted by molar-refractivity contribution is 14.1. The molecule has 2 N–H and O–H groups in total. The van der Waals surface area contributed by atoms with E-state index in [-0.39, 0.29) is 23.5 Å². The number of benzene rings is 1. The Morgan fingerprint density at radius 1 is 1.14 bits per heavy atom. The molecule has 164 valence electrons. The molecule has 1 aliphatic carbocycles. The number of unbranched alkanes of at least 4 members (excludes halogenated alkanes) is 3. The SMILES string of the molecule is CC(C)(CCCCCCI)c1cc(O)c2c(c1)OC(C)(C)[C@@H]1CC[C@@H](CO)C[C@@H]21.